The van der Waals surface area contributed by atoms with Gasteiger partial charge in [-0.2, -0.15) is 18.2 Å². The highest BCUT2D eigenvalue weighted by atomic mass is 32.2. The molecule has 0 amide bonds. The van der Waals surface area contributed by atoms with Crippen LogP contribution in [-0.2, 0) is 14.9 Å². The molecule has 0 fully saturated rings. The van der Waals surface area contributed by atoms with E-state index in [1.807, 2.05) is 0 Å². The van der Waals surface area contributed by atoms with Crippen LogP contribution in [0.1, 0.15) is 5.56 Å². The molecule has 0 aliphatic carbocycles. The van der Waals surface area contributed by atoms with Gasteiger partial charge in [0.15, 0.2) is 5.84 Å². The minimum absolute atomic E-state index is 0.00443. The Morgan fingerprint density at radius 1 is 1.72 bits per heavy atom. The lowest BCUT2D eigenvalue weighted by molar-refractivity contribution is 0.204. The molecule has 0 aliphatic rings. The average Bonchev–Trinajstić information content (AvgIpc) is 2.75. The number of rotatable bonds is 7. The van der Waals surface area contributed by atoms with Crippen LogP contribution in [0.15, 0.2) is 11.4 Å². The number of amidine groups is 1. The predicted molar refractivity (Wildman–Crippen MR) is 63.5 cm³/mol. The van der Waals surface area contributed by atoms with Gasteiger partial charge in [-0.1, -0.05) is 5.16 Å². The molecule has 0 unspecified atom stereocenters. The Hall–Kier alpha value is -1.85. The minimum atomic E-state index is -3.78. The van der Waals surface area contributed by atoms with Gasteiger partial charge in [-0.05, 0) is 0 Å². The SMILES string of the molecule is COCCNS(=O)(=O)Nc1[nH]ncc1C(N)=NO. The summed E-state index contributed by atoms with van der Waals surface area (Å²) in [5.41, 5.74) is 5.48. The van der Waals surface area contributed by atoms with Crippen molar-refractivity contribution < 1.29 is 18.4 Å². The van der Waals surface area contributed by atoms with Crippen LogP contribution in [0.3, 0.4) is 0 Å². The summed E-state index contributed by atoms with van der Waals surface area (Å²) < 4.78 is 32.2. The summed E-state index contributed by atoms with van der Waals surface area (Å²) in [6.07, 6.45) is 1.22. The van der Waals surface area contributed by atoms with Gasteiger partial charge in [0.25, 0.3) is 10.2 Å². The van der Waals surface area contributed by atoms with E-state index in [2.05, 4.69) is 24.8 Å². The second-order valence-electron chi connectivity index (χ2n) is 3.14. The fraction of sp³-hybridized carbons (Fsp3) is 0.429. The van der Waals surface area contributed by atoms with Crippen molar-refractivity contribution in [2.45, 2.75) is 0 Å². The molecule has 0 bridgehead atoms. The molecule has 6 N–H and O–H groups in total. The zero-order valence-corrected chi connectivity index (χ0v) is 10.4. The summed E-state index contributed by atoms with van der Waals surface area (Å²) in [6.45, 7) is 0.343. The first-order valence-corrected chi connectivity index (χ1v) is 6.26. The molecule has 0 spiro atoms. The molecule has 10 nitrogen and oxygen atoms in total. The van der Waals surface area contributed by atoms with Crippen molar-refractivity contribution in [3.05, 3.63) is 11.8 Å². The summed E-state index contributed by atoms with van der Waals surface area (Å²) >= 11 is 0. The molecule has 1 rings (SSSR count). The molecule has 1 aromatic rings. The lowest BCUT2D eigenvalue weighted by atomic mass is 10.3. The van der Waals surface area contributed by atoms with Gasteiger partial charge in [-0.25, -0.2) is 0 Å². The lowest BCUT2D eigenvalue weighted by Crippen LogP contribution is -2.33. The number of nitrogens with zero attached hydrogens (tertiary/aromatic N) is 2. The van der Waals surface area contributed by atoms with E-state index < -0.39 is 10.2 Å². The summed E-state index contributed by atoms with van der Waals surface area (Å²) in [4.78, 5) is 0. The van der Waals surface area contributed by atoms with E-state index in [0.717, 1.165) is 0 Å². The Kier molecular flexibility index (Phi) is 4.88. The van der Waals surface area contributed by atoms with Gasteiger partial charge in [0.2, 0.25) is 0 Å². The molecular formula is C7H14N6O4S. The zero-order chi connectivity index (χ0) is 13.6. The van der Waals surface area contributed by atoms with Crippen LogP contribution in [0.2, 0.25) is 0 Å². The van der Waals surface area contributed by atoms with Gasteiger partial charge in [0.1, 0.15) is 5.82 Å². The number of methoxy groups -OCH3 is 1. The number of hydrogen-bond donors (Lipinski definition) is 5. The number of ether oxygens (including phenoxy) is 1. The maximum absolute atomic E-state index is 11.6. The normalized spacial score (nSPS) is 12.6. The standard InChI is InChI=1S/C7H14N6O4S/c1-17-3-2-10-18(15,16)13-7-5(4-9-11-7)6(8)12-14/h4,10,14H,2-3H2,1H3,(H2,8,12)(H2,9,11,13). The van der Waals surface area contributed by atoms with Crippen molar-refractivity contribution in [2.24, 2.45) is 10.9 Å². The molecule has 0 aliphatic heterocycles. The molecule has 18 heavy (non-hydrogen) atoms. The number of hydrogen-bond acceptors (Lipinski definition) is 6. The molecule has 1 aromatic heterocycles. The average molecular weight is 278 g/mol. The number of anilines is 1. The Morgan fingerprint density at radius 3 is 3.06 bits per heavy atom. The molecule has 0 saturated carbocycles. The summed E-state index contributed by atoms with van der Waals surface area (Å²) in [6, 6.07) is 0. The number of nitrogens with one attached hydrogen (secondary N) is 3. The van der Waals surface area contributed by atoms with Crippen LogP contribution in [0.25, 0.3) is 0 Å². The first-order chi connectivity index (χ1) is 8.50. The summed E-state index contributed by atoms with van der Waals surface area (Å²) in [7, 11) is -2.33. The number of H-pyrrole nitrogens is 1. The minimum Gasteiger partial charge on any atom is -0.409 e. The molecule has 102 valence electrons. The highest BCUT2D eigenvalue weighted by Crippen LogP contribution is 2.11. The highest BCUT2D eigenvalue weighted by molar-refractivity contribution is 7.90. The van der Waals surface area contributed by atoms with Crippen molar-refractivity contribution in [1.29, 1.82) is 0 Å². The number of oxime groups is 1. The van der Waals surface area contributed by atoms with Gasteiger partial charge in [0.05, 0.1) is 18.4 Å². The van der Waals surface area contributed by atoms with Gasteiger partial charge < -0.3 is 15.7 Å². The van der Waals surface area contributed by atoms with Gasteiger partial charge in [0, 0.05) is 13.7 Å². The second-order valence-corrected chi connectivity index (χ2v) is 4.64. The van der Waals surface area contributed by atoms with Crippen molar-refractivity contribution in [3.8, 4) is 0 Å². The first kappa shape index (κ1) is 14.2. The maximum atomic E-state index is 11.6. The van der Waals surface area contributed by atoms with E-state index in [4.69, 9.17) is 15.7 Å². The Bertz CT molecular complexity index is 510. The molecule has 0 saturated heterocycles. The first-order valence-electron chi connectivity index (χ1n) is 4.77. The Morgan fingerprint density at radius 2 is 2.44 bits per heavy atom. The molecular weight excluding hydrogens is 264 g/mol. The van der Waals surface area contributed by atoms with E-state index in [0.29, 0.717) is 0 Å². The largest absolute Gasteiger partial charge is 0.409 e. The van der Waals surface area contributed by atoms with E-state index in [-0.39, 0.29) is 30.4 Å². The van der Waals surface area contributed by atoms with Crippen LogP contribution in [-0.4, -0.2) is 49.9 Å². The van der Waals surface area contributed by atoms with Crippen molar-refractivity contribution in [1.82, 2.24) is 14.9 Å². The van der Waals surface area contributed by atoms with Crippen molar-refractivity contribution in [2.75, 3.05) is 25.0 Å². The molecule has 11 heteroatoms. The third kappa shape index (κ3) is 3.87. The quantitative estimate of drug-likeness (QED) is 0.133. The summed E-state index contributed by atoms with van der Waals surface area (Å²) in [5, 5.41) is 17.3. The third-order valence-electron chi connectivity index (χ3n) is 1.86. The molecule has 0 atom stereocenters. The highest BCUT2D eigenvalue weighted by Gasteiger charge is 2.15. The fourth-order valence-electron chi connectivity index (χ4n) is 1.06. The lowest BCUT2D eigenvalue weighted by Gasteiger charge is -2.08. The maximum Gasteiger partial charge on any atom is 0.300 e. The topological polar surface area (TPSA) is 155 Å². The number of aromatic amines is 1. The monoisotopic (exact) mass is 278 g/mol. The van der Waals surface area contributed by atoms with Crippen LogP contribution < -0.4 is 15.2 Å². The molecule has 0 radical (unpaired) electrons. The van der Waals surface area contributed by atoms with E-state index in [9.17, 15) is 8.42 Å². The Labute approximate surface area is 103 Å². The molecule has 1 heterocycles. The molecule has 0 aromatic carbocycles. The van der Waals surface area contributed by atoms with Gasteiger partial charge in [-0.3, -0.25) is 9.82 Å². The zero-order valence-electron chi connectivity index (χ0n) is 9.54. The van der Waals surface area contributed by atoms with Crippen molar-refractivity contribution in [3.63, 3.8) is 0 Å². The number of nitrogens with two attached hydrogens (primary N) is 1. The van der Waals surface area contributed by atoms with Crippen molar-refractivity contribution >= 4 is 21.9 Å². The van der Waals surface area contributed by atoms with E-state index in [1.54, 1.807) is 0 Å². The van der Waals surface area contributed by atoms with Crippen LogP contribution >= 0.6 is 0 Å². The van der Waals surface area contributed by atoms with E-state index in [1.165, 1.54) is 13.3 Å². The van der Waals surface area contributed by atoms with E-state index >= 15 is 0 Å². The Balaban J connectivity index is 2.76. The fourth-order valence-corrected chi connectivity index (χ4v) is 1.91. The summed E-state index contributed by atoms with van der Waals surface area (Å²) in [5.74, 6) is -0.270. The smallest absolute Gasteiger partial charge is 0.300 e. The van der Waals surface area contributed by atoms with Crippen LogP contribution in [0, 0.1) is 0 Å². The van der Waals surface area contributed by atoms with Gasteiger partial charge in [-0.15, -0.1) is 0 Å². The predicted octanol–water partition coefficient (Wildman–Crippen LogP) is -1.60. The number of aromatic nitrogens is 2. The van der Waals surface area contributed by atoms with Crippen LogP contribution in [0.5, 0.6) is 0 Å². The third-order valence-corrected chi connectivity index (χ3v) is 2.91. The van der Waals surface area contributed by atoms with Gasteiger partial charge >= 0.3 is 0 Å². The second kappa shape index (κ2) is 6.18. The van der Waals surface area contributed by atoms with Crippen LogP contribution in [0.4, 0.5) is 5.82 Å².